The SMILES string of the molecule is Cc1nnc(CNC(=NCc2ccccc2)N(C)Cc2cc(Br)cn2C)n1C. The van der Waals surface area contributed by atoms with E-state index < -0.39 is 0 Å². The normalized spacial score (nSPS) is 11.7. The van der Waals surface area contributed by atoms with Gasteiger partial charge in [-0.05, 0) is 34.5 Å². The third-order valence-corrected chi connectivity index (χ3v) is 5.11. The summed E-state index contributed by atoms with van der Waals surface area (Å²) in [5.41, 5.74) is 2.37. The van der Waals surface area contributed by atoms with Crippen LogP contribution in [0.2, 0.25) is 0 Å². The van der Waals surface area contributed by atoms with Gasteiger partial charge in [0, 0.05) is 37.5 Å². The third kappa shape index (κ3) is 5.01. The van der Waals surface area contributed by atoms with Gasteiger partial charge < -0.3 is 19.4 Å². The van der Waals surface area contributed by atoms with Crippen molar-refractivity contribution in [3.63, 3.8) is 0 Å². The zero-order chi connectivity index (χ0) is 20.1. The average Bonchev–Trinajstić information content (AvgIpc) is 3.17. The molecule has 1 N–H and O–H groups in total. The van der Waals surface area contributed by atoms with E-state index in [1.54, 1.807) is 0 Å². The van der Waals surface area contributed by atoms with Crippen LogP contribution in [-0.4, -0.2) is 37.2 Å². The summed E-state index contributed by atoms with van der Waals surface area (Å²) >= 11 is 3.54. The first-order valence-corrected chi connectivity index (χ1v) is 9.92. The summed E-state index contributed by atoms with van der Waals surface area (Å²) in [5, 5.41) is 11.8. The molecule has 0 unspecified atom stereocenters. The van der Waals surface area contributed by atoms with Crippen molar-refractivity contribution in [1.29, 1.82) is 0 Å². The van der Waals surface area contributed by atoms with Crippen molar-refractivity contribution >= 4 is 21.9 Å². The smallest absolute Gasteiger partial charge is 0.194 e. The van der Waals surface area contributed by atoms with Crippen LogP contribution in [0.4, 0.5) is 0 Å². The number of nitrogens with one attached hydrogen (secondary N) is 1. The molecule has 7 nitrogen and oxygen atoms in total. The molecule has 28 heavy (non-hydrogen) atoms. The van der Waals surface area contributed by atoms with Gasteiger partial charge in [0.05, 0.1) is 19.6 Å². The second kappa shape index (κ2) is 9.05. The molecule has 0 fully saturated rings. The lowest BCUT2D eigenvalue weighted by Gasteiger charge is -2.23. The monoisotopic (exact) mass is 443 g/mol. The van der Waals surface area contributed by atoms with E-state index in [4.69, 9.17) is 4.99 Å². The van der Waals surface area contributed by atoms with Crippen LogP contribution < -0.4 is 5.32 Å². The van der Waals surface area contributed by atoms with Gasteiger partial charge in [-0.3, -0.25) is 0 Å². The summed E-state index contributed by atoms with van der Waals surface area (Å²) in [6.45, 7) is 3.86. The Morgan fingerprint density at radius 3 is 2.57 bits per heavy atom. The fourth-order valence-electron chi connectivity index (χ4n) is 2.87. The molecule has 0 aliphatic heterocycles. The van der Waals surface area contributed by atoms with Crippen LogP contribution in [-0.2, 0) is 33.7 Å². The lowest BCUT2D eigenvalue weighted by atomic mass is 10.2. The Morgan fingerprint density at radius 1 is 1.21 bits per heavy atom. The van der Waals surface area contributed by atoms with Crippen molar-refractivity contribution < 1.29 is 0 Å². The predicted molar refractivity (Wildman–Crippen MR) is 115 cm³/mol. The molecule has 3 aromatic rings. The molecule has 148 valence electrons. The summed E-state index contributed by atoms with van der Waals surface area (Å²) in [6, 6.07) is 12.4. The highest BCUT2D eigenvalue weighted by Crippen LogP contribution is 2.15. The van der Waals surface area contributed by atoms with E-state index in [0.29, 0.717) is 13.1 Å². The van der Waals surface area contributed by atoms with E-state index in [1.165, 1.54) is 11.3 Å². The highest BCUT2D eigenvalue weighted by atomic mass is 79.9. The molecule has 0 bridgehead atoms. The fourth-order valence-corrected chi connectivity index (χ4v) is 3.44. The minimum Gasteiger partial charge on any atom is -0.352 e. The quantitative estimate of drug-likeness (QED) is 0.469. The van der Waals surface area contributed by atoms with Crippen LogP contribution in [0.15, 0.2) is 52.1 Å². The van der Waals surface area contributed by atoms with Crippen molar-refractivity contribution in [2.75, 3.05) is 7.05 Å². The maximum absolute atomic E-state index is 4.83. The number of aryl methyl sites for hydroxylation is 2. The molecule has 0 amide bonds. The minimum absolute atomic E-state index is 0.562. The zero-order valence-electron chi connectivity index (χ0n) is 16.7. The topological polar surface area (TPSA) is 63.3 Å². The van der Waals surface area contributed by atoms with E-state index in [2.05, 4.69) is 65.3 Å². The van der Waals surface area contributed by atoms with Gasteiger partial charge in [-0.1, -0.05) is 30.3 Å². The molecule has 2 heterocycles. The molecule has 1 aromatic carbocycles. The van der Waals surface area contributed by atoms with E-state index in [9.17, 15) is 0 Å². The summed E-state index contributed by atoms with van der Waals surface area (Å²) < 4.78 is 5.17. The van der Waals surface area contributed by atoms with Gasteiger partial charge in [0.25, 0.3) is 0 Å². The van der Waals surface area contributed by atoms with Crippen molar-refractivity contribution in [3.8, 4) is 0 Å². The predicted octanol–water partition coefficient (Wildman–Crippen LogP) is 3.00. The van der Waals surface area contributed by atoms with Gasteiger partial charge in [-0.15, -0.1) is 10.2 Å². The van der Waals surface area contributed by atoms with Gasteiger partial charge in [0.15, 0.2) is 11.8 Å². The Bertz CT molecular complexity index is 943. The van der Waals surface area contributed by atoms with Crippen molar-refractivity contribution in [2.24, 2.45) is 19.1 Å². The Balaban J connectivity index is 1.76. The van der Waals surface area contributed by atoms with E-state index in [1.807, 2.05) is 50.8 Å². The standard InChI is InChI=1S/C20H26BrN7/c1-15-24-25-19(28(15)4)12-23-20(22-11-16-8-6-5-7-9-16)27(3)14-18-10-17(21)13-26(18)2/h5-10,13H,11-12,14H2,1-4H3,(H,22,23). The highest BCUT2D eigenvalue weighted by molar-refractivity contribution is 9.10. The lowest BCUT2D eigenvalue weighted by molar-refractivity contribution is 0.458. The molecule has 0 saturated heterocycles. The average molecular weight is 444 g/mol. The number of aliphatic imine (C=N–C) groups is 1. The Hall–Kier alpha value is -2.61. The Labute approximate surface area is 174 Å². The zero-order valence-corrected chi connectivity index (χ0v) is 18.3. The maximum atomic E-state index is 4.83. The van der Waals surface area contributed by atoms with Crippen LogP contribution in [0.5, 0.6) is 0 Å². The molecule has 0 radical (unpaired) electrons. The molecule has 0 spiro atoms. The van der Waals surface area contributed by atoms with Gasteiger partial charge >= 0.3 is 0 Å². The number of nitrogens with zero attached hydrogens (tertiary/aromatic N) is 6. The van der Waals surface area contributed by atoms with Crippen molar-refractivity contribution in [1.82, 2.24) is 29.5 Å². The number of aromatic nitrogens is 4. The summed E-state index contributed by atoms with van der Waals surface area (Å²) in [4.78, 5) is 6.95. The largest absolute Gasteiger partial charge is 0.352 e. The molecule has 0 aliphatic rings. The molecule has 0 aliphatic carbocycles. The van der Waals surface area contributed by atoms with Gasteiger partial charge in [0.2, 0.25) is 0 Å². The second-order valence-electron chi connectivity index (χ2n) is 6.82. The highest BCUT2D eigenvalue weighted by Gasteiger charge is 2.12. The van der Waals surface area contributed by atoms with Crippen LogP contribution in [0.3, 0.4) is 0 Å². The van der Waals surface area contributed by atoms with Crippen molar-refractivity contribution in [3.05, 3.63) is 70.0 Å². The lowest BCUT2D eigenvalue weighted by Crippen LogP contribution is -2.39. The van der Waals surface area contributed by atoms with Gasteiger partial charge in [0.1, 0.15) is 5.82 Å². The Morgan fingerprint density at radius 2 is 1.96 bits per heavy atom. The minimum atomic E-state index is 0.562. The van der Waals surface area contributed by atoms with Crippen LogP contribution in [0.25, 0.3) is 0 Å². The second-order valence-corrected chi connectivity index (χ2v) is 7.73. The van der Waals surface area contributed by atoms with Crippen LogP contribution in [0.1, 0.15) is 22.9 Å². The molecule has 3 rings (SSSR count). The fraction of sp³-hybridized carbons (Fsp3) is 0.350. The van der Waals surface area contributed by atoms with E-state index >= 15 is 0 Å². The number of rotatable bonds is 6. The molecule has 2 aromatic heterocycles. The molecule has 0 saturated carbocycles. The van der Waals surface area contributed by atoms with Gasteiger partial charge in [-0.2, -0.15) is 0 Å². The number of benzene rings is 1. The molecule has 0 atom stereocenters. The summed E-state index contributed by atoms with van der Waals surface area (Å²) in [7, 11) is 6.06. The summed E-state index contributed by atoms with van der Waals surface area (Å²) in [6.07, 6.45) is 2.06. The first-order valence-electron chi connectivity index (χ1n) is 9.13. The maximum Gasteiger partial charge on any atom is 0.194 e. The van der Waals surface area contributed by atoms with Crippen molar-refractivity contribution in [2.45, 2.75) is 26.6 Å². The number of hydrogen-bond donors (Lipinski definition) is 1. The first-order chi connectivity index (χ1) is 13.4. The number of hydrogen-bond acceptors (Lipinski definition) is 3. The Kier molecular flexibility index (Phi) is 6.51. The molecule has 8 heteroatoms. The number of halogens is 1. The third-order valence-electron chi connectivity index (χ3n) is 4.68. The first kappa shape index (κ1) is 20.1. The number of guanidine groups is 1. The molecular formula is C20H26BrN7. The van der Waals surface area contributed by atoms with E-state index in [-0.39, 0.29) is 0 Å². The van der Waals surface area contributed by atoms with Crippen LogP contribution in [0, 0.1) is 6.92 Å². The van der Waals surface area contributed by atoms with Crippen LogP contribution >= 0.6 is 15.9 Å². The van der Waals surface area contributed by atoms with Gasteiger partial charge in [-0.25, -0.2) is 4.99 Å². The summed E-state index contributed by atoms with van der Waals surface area (Å²) in [5.74, 6) is 2.59. The molecular weight excluding hydrogens is 418 g/mol. The van der Waals surface area contributed by atoms with E-state index in [0.717, 1.165) is 28.6 Å².